The molecule has 0 amide bonds. The highest BCUT2D eigenvalue weighted by atomic mass is 32.2. The third-order valence-electron chi connectivity index (χ3n) is 7.81. The van der Waals surface area contributed by atoms with Crippen LogP contribution < -0.4 is 0 Å². The molecule has 274 valence electrons. The van der Waals surface area contributed by atoms with Crippen LogP contribution in [-0.2, 0) is 4.79 Å². The van der Waals surface area contributed by atoms with Gasteiger partial charge in [0.15, 0.2) is 0 Å². The van der Waals surface area contributed by atoms with E-state index in [0.29, 0.717) is 0 Å². The molecule has 0 unspecified atom stereocenters. The number of rotatable bonds is 0. The van der Waals surface area contributed by atoms with Crippen LogP contribution in [-0.4, -0.2) is 18.3 Å². The number of aryl methyl sites for hydroxylation is 12. The lowest BCUT2D eigenvalue weighted by atomic mass is 10.0. The molecular formula is C48H70OS. The monoisotopic (exact) mass is 695 g/mol. The van der Waals surface area contributed by atoms with Gasteiger partial charge in [0.25, 0.3) is 0 Å². The van der Waals surface area contributed by atoms with Crippen molar-refractivity contribution in [3.63, 3.8) is 0 Å². The first kappa shape index (κ1) is 50.5. The number of carbonyl (C=O) groups excluding carboxylic acids is 1. The Morgan fingerprint density at radius 1 is 0.340 bits per heavy atom. The van der Waals surface area contributed by atoms with Crippen molar-refractivity contribution in [3.05, 3.63) is 176 Å². The van der Waals surface area contributed by atoms with Gasteiger partial charge in [-0.1, -0.05) is 117 Å². The molecule has 0 bridgehead atoms. The molecule has 5 aromatic rings. The van der Waals surface area contributed by atoms with E-state index in [1.165, 1.54) is 80.6 Å². The molecule has 0 saturated heterocycles. The van der Waals surface area contributed by atoms with Crippen molar-refractivity contribution >= 4 is 17.5 Å². The number of thioether (sulfide) groups is 1. The molecule has 0 atom stereocenters. The number of Topliss-reactive ketones (excluding diaryl/α,β-unsaturated/α-hetero) is 1. The van der Waals surface area contributed by atoms with Gasteiger partial charge < -0.3 is 4.79 Å². The minimum Gasteiger partial charge on any atom is -0.300 e. The zero-order chi connectivity index (χ0) is 37.9. The standard InChI is InChI=1S/C10H14.4C8H10.C3H6O.C2H6S.CH4/c1-7-5-9(3)10(4)6-8(7)2;4*1-7-5-3-4-6-8(7)2;1-3(2)4;1-3-2;/h5-6H,1-4H3;4*3-6H,1-2H3;1-2H3;1-2H3;1H4. The molecule has 0 aliphatic carbocycles. The van der Waals surface area contributed by atoms with E-state index < -0.39 is 0 Å². The Balaban J connectivity index is -0.000000526. The summed E-state index contributed by atoms with van der Waals surface area (Å²) in [5.41, 5.74) is 16.5. The van der Waals surface area contributed by atoms with Gasteiger partial charge in [-0.3, -0.25) is 0 Å². The maximum atomic E-state index is 9.44. The summed E-state index contributed by atoms with van der Waals surface area (Å²) in [6, 6.07) is 37.9. The van der Waals surface area contributed by atoms with Crippen LogP contribution in [0.1, 0.15) is 88.0 Å². The quantitative estimate of drug-likeness (QED) is 0.160. The van der Waals surface area contributed by atoms with E-state index in [9.17, 15) is 4.79 Å². The maximum absolute atomic E-state index is 9.44. The Bertz CT molecular complexity index is 1300. The molecule has 0 aliphatic rings. The van der Waals surface area contributed by atoms with E-state index in [1.54, 1.807) is 11.8 Å². The number of hydrogen-bond acceptors (Lipinski definition) is 2. The van der Waals surface area contributed by atoms with Crippen molar-refractivity contribution in [2.45, 2.75) is 104 Å². The Labute approximate surface area is 314 Å². The zero-order valence-electron chi connectivity index (χ0n) is 33.7. The van der Waals surface area contributed by atoms with Gasteiger partial charge in [-0.15, -0.1) is 0 Å². The predicted molar refractivity (Wildman–Crippen MR) is 232 cm³/mol. The van der Waals surface area contributed by atoms with Crippen molar-refractivity contribution in [1.29, 1.82) is 0 Å². The second kappa shape index (κ2) is 30.0. The van der Waals surface area contributed by atoms with Gasteiger partial charge in [0.1, 0.15) is 5.78 Å². The fraction of sp³-hybridized carbons (Fsp3) is 0.354. The van der Waals surface area contributed by atoms with E-state index in [-0.39, 0.29) is 13.2 Å². The maximum Gasteiger partial charge on any atom is 0.126 e. The molecule has 5 rings (SSSR count). The molecule has 0 fully saturated rings. The van der Waals surface area contributed by atoms with Gasteiger partial charge >= 0.3 is 0 Å². The van der Waals surface area contributed by atoms with Crippen LogP contribution in [0.2, 0.25) is 0 Å². The third kappa shape index (κ3) is 26.0. The van der Waals surface area contributed by atoms with Crippen molar-refractivity contribution in [3.8, 4) is 0 Å². The SMILES string of the molecule is C.CC(C)=O.CSC.Cc1cc(C)c(C)cc1C.Cc1ccccc1C.Cc1ccccc1C.Cc1ccccc1C.Cc1ccccc1C. The molecule has 0 aromatic heterocycles. The fourth-order valence-electron chi connectivity index (χ4n) is 3.76. The summed E-state index contributed by atoms with van der Waals surface area (Å²) in [6.07, 6.45) is 4.08. The lowest BCUT2D eigenvalue weighted by Gasteiger charge is -2.04. The van der Waals surface area contributed by atoms with Crippen LogP contribution in [0, 0.1) is 83.1 Å². The highest BCUT2D eigenvalue weighted by Crippen LogP contribution is 2.13. The second-order valence-corrected chi connectivity index (χ2v) is 13.5. The third-order valence-corrected chi connectivity index (χ3v) is 7.81. The summed E-state index contributed by atoms with van der Waals surface area (Å²) in [5, 5.41) is 0. The van der Waals surface area contributed by atoms with Crippen molar-refractivity contribution in [2.24, 2.45) is 0 Å². The van der Waals surface area contributed by atoms with Gasteiger partial charge in [-0.05, 0) is 176 Å². The normalized spacial score (nSPS) is 8.80. The molecule has 2 heteroatoms. The first-order valence-corrected chi connectivity index (χ1v) is 18.6. The van der Waals surface area contributed by atoms with E-state index in [0.717, 1.165) is 0 Å². The molecule has 0 aliphatic heterocycles. The highest BCUT2D eigenvalue weighted by Gasteiger charge is 1.95. The molecule has 50 heavy (non-hydrogen) atoms. The number of carbonyl (C=O) groups is 1. The smallest absolute Gasteiger partial charge is 0.126 e. The Morgan fingerprint density at radius 3 is 0.520 bits per heavy atom. The Morgan fingerprint density at radius 2 is 0.440 bits per heavy atom. The number of benzene rings is 5. The first-order valence-electron chi connectivity index (χ1n) is 17.0. The van der Waals surface area contributed by atoms with Gasteiger partial charge in [0.2, 0.25) is 0 Å². The van der Waals surface area contributed by atoms with Gasteiger partial charge in [0.05, 0.1) is 0 Å². The second-order valence-electron chi connectivity index (χ2n) is 12.7. The molecule has 1 nitrogen and oxygen atoms in total. The Hall–Kier alpha value is -3.88. The lowest BCUT2D eigenvalue weighted by molar-refractivity contribution is -0.115. The average Bonchev–Trinajstić information content (AvgIpc) is 3.04. The van der Waals surface area contributed by atoms with E-state index >= 15 is 0 Å². The Kier molecular flexibility index (Phi) is 30.3. The van der Waals surface area contributed by atoms with Crippen molar-refractivity contribution < 1.29 is 4.79 Å². The van der Waals surface area contributed by atoms with Gasteiger partial charge in [-0.2, -0.15) is 11.8 Å². The molecule has 0 radical (unpaired) electrons. The van der Waals surface area contributed by atoms with E-state index in [2.05, 4.69) is 192 Å². The van der Waals surface area contributed by atoms with Crippen molar-refractivity contribution in [1.82, 2.24) is 0 Å². The van der Waals surface area contributed by atoms with Crippen LogP contribution in [0.3, 0.4) is 0 Å². The summed E-state index contributed by atoms with van der Waals surface area (Å²) in [4.78, 5) is 9.44. The molecular weight excluding hydrogens is 625 g/mol. The number of hydrogen-bond donors (Lipinski definition) is 0. The predicted octanol–water partition coefficient (Wildman–Crippen LogP) is 14.3. The van der Waals surface area contributed by atoms with E-state index in [4.69, 9.17) is 0 Å². The van der Waals surface area contributed by atoms with Crippen LogP contribution in [0.25, 0.3) is 0 Å². The summed E-state index contributed by atoms with van der Waals surface area (Å²) in [6.45, 7) is 28.6. The fourth-order valence-corrected chi connectivity index (χ4v) is 3.76. The molecule has 0 N–H and O–H groups in total. The topological polar surface area (TPSA) is 17.1 Å². The minimum atomic E-state index is 0. The van der Waals surface area contributed by atoms with Crippen LogP contribution >= 0.6 is 11.8 Å². The number of ketones is 1. The summed E-state index contributed by atoms with van der Waals surface area (Å²) in [7, 11) is 0. The average molecular weight is 695 g/mol. The minimum absolute atomic E-state index is 0. The van der Waals surface area contributed by atoms with Crippen LogP contribution in [0.4, 0.5) is 0 Å². The summed E-state index contributed by atoms with van der Waals surface area (Å²) < 4.78 is 0. The largest absolute Gasteiger partial charge is 0.300 e. The highest BCUT2D eigenvalue weighted by molar-refractivity contribution is 7.97. The van der Waals surface area contributed by atoms with Crippen molar-refractivity contribution in [2.75, 3.05) is 12.5 Å². The summed E-state index contributed by atoms with van der Waals surface area (Å²) in [5.74, 6) is 0.167. The van der Waals surface area contributed by atoms with Crippen LogP contribution in [0.5, 0.6) is 0 Å². The zero-order valence-corrected chi connectivity index (χ0v) is 34.5. The van der Waals surface area contributed by atoms with Gasteiger partial charge in [-0.25, -0.2) is 0 Å². The van der Waals surface area contributed by atoms with E-state index in [1.807, 2.05) is 12.5 Å². The molecule has 0 heterocycles. The molecule has 5 aromatic carbocycles. The lowest BCUT2D eigenvalue weighted by Crippen LogP contribution is -1.86. The molecule has 0 saturated carbocycles. The van der Waals surface area contributed by atoms with Crippen LogP contribution in [0.15, 0.2) is 109 Å². The first-order chi connectivity index (χ1) is 23.0. The summed E-state index contributed by atoms with van der Waals surface area (Å²) >= 11 is 1.75. The molecule has 0 spiro atoms. The van der Waals surface area contributed by atoms with Gasteiger partial charge in [0, 0.05) is 0 Å².